The third-order valence-corrected chi connectivity index (χ3v) is 16.4. The Morgan fingerprint density at radius 3 is 0.725 bits per heavy atom. The molecule has 0 bridgehead atoms. The second-order valence-electron chi connectivity index (χ2n) is 24.5. The van der Waals surface area contributed by atoms with Crippen LogP contribution in [0.2, 0.25) is 0 Å². The normalized spacial score (nSPS) is 12.2. The largest absolute Gasteiger partial charge is 0.462 e. The monoisotopic (exact) mass is 1120 g/mol. The van der Waals surface area contributed by atoms with Gasteiger partial charge in [-0.3, -0.25) is 14.4 Å². The summed E-state index contributed by atoms with van der Waals surface area (Å²) in [6.45, 7) is 6.67. The molecule has 0 amide bonds. The van der Waals surface area contributed by atoms with Crippen molar-refractivity contribution in [2.24, 2.45) is 0 Å². The molecule has 0 radical (unpaired) electrons. The smallest absolute Gasteiger partial charge is 0.306 e. The van der Waals surface area contributed by atoms with Crippen LogP contribution in [0.3, 0.4) is 0 Å². The third-order valence-electron chi connectivity index (χ3n) is 16.4. The summed E-state index contributed by atoms with van der Waals surface area (Å²) < 4.78 is 17.0. The molecule has 1 atom stereocenters. The number of hydrogen-bond acceptors (Lipinski definition) is 6. The zero-order chi connectivity index (χ0) is 57.8. The maximum absolute atomic E-state index is 12.9. The molecule has 0 aliphatic heterocycles. The summed E-state index contributed by atoms with van der Waals surface area (Å²) in [5, 5.41) is 0. The van der Waals surface area contributed by atoms with E-state index in [1.54, 1.807) is 0 Å². The second-order valence-corrected chi connectivity index (χ2v) is 24.5. The van der Waals surface area contributed by atoms with Gasteiger partial charge in [-0.1, -0.05) is 340 Å². The Kier molecular flexibility index (Phi) is 67.1. The van der Waals surface area contributed by atoms with E-state index >= 15 is 0 Å². The Morgan fingerprint density at radius 2 is 0.450 bits per heavy atom. The SMILES string of the molecule is CCCCC/C=C\C/C=C\CCCCCCCC(=O)OCC(COC(=O)CCCCCCCCCCCCCCCCCCCCCCCCCCCCCCCC)OC(=O)CCCCCCCCC/C=C\CCCCCCCC. The van der Waals surface area contributed by atoms with Crippen molar-refractivity contribution in [2.45, 2.75) is 406 Å². The van der Waals surface area contributed by atoms with Crippen LogP contribution in [-0.4, -0.2) is 37.2 Å². The van der Waals surface area contributed by atoms with Crippen molar-refractivity contribution >= 4 is 17.9 Å². The molecule has 0 aliphatic rings. The molecule has 0 saturated carbocycles. The molecule has 6 nitrogen and oxygen atoms in total. The van der Waals surface area contributed by atoms with Gasteiger partial charge >= 0.3 is 17.9 Å². The Bertz CT molecular complexity index is 1340. The van der Waals surface area contributed by atoms with Crippen LogP contribution in [0.15, 0.2) is 36.5 Å². The molecule has 0 spiro atoms. The van der Waals surface area contributed by atoms with E-state index in [0.29, 0.717) is 19.3 Å². The van der Waals surface area contributed by atoms with E-state index in [4.69, 9.17) is 14.2 Å². The van der Waals surface area contributed by atoms with Crippen molar-refractivity contribution in [1.29, 1.82) is 0 Å². The lowest BCUT2D eigenvalue weighted by Gasteiger charge is -2.18. The van der Waals surface area contributed by atoms with Gasteiger partial charge in [0.2, 0.25) is 0 Å². The Hall–Kier alpha value is -2.37. The first-order chi connectivity index (χ1) is 39.5. The number of esters is 3. The van der Waals surface area contributed by atoms with Crippen molar-refractivity contribution in [3.63, 3.8) is 0 Å². The number of allylic oxidation sites excluding steroid dienone is 6. The topological polar surface area (TPSA) is 78.9 Å². The first-order valence-corrected chi connectivity index (χ1v) is 36.0. The van der Waals surface area contributed by atoms with Gasteiger partial charge in [-0.05, 0) is 77.0 Å². The predicted molar refractivity (Wildman–Crippen MR) is 349 cm³/mol. The first kappa shape index (κ1) is 77.6. The fourth-order valence-electron chi connectivity index (χ4n) is 10.9. The molecule has 0 heterocycles. The lowest BCUT2D eigenvalue weighted by molar-refractivity contribution is -0.167. The van der Waals surface area contributed by atoms with Gasteiger partial charge < -0.3 is 14.2 Å². The van der Waals surface area contributed by atoms with Crippen molar-refractivity contribution in [2.75, 3.05) is 13.2 Å². The van der Waals surface area contributed by atoms with Crippen molar-refractivity contribution in [3.8, 4) is 0 Å². The van der Waals surface area contributed by atoms with Crippen LogP contribution >= 0.6 is 0 Å². The van der Waals surface area contributed by atoms with E-state index in [-0.39, 0.29) is 31.1 Å². The quantitative estimate of drug-likeness (QED) is 0.0261. The maximum Gasteiger partial charge on any atom is 0.306 e. The second kappa shape index (κ2) is 69.1. The zero-order valence-electron chi connectivity index (χ0n) is 54.1. The number of carbonyl (C=O) groups is 3. The highest BCUT2D eigenvalue weighted by molar-refractivity contribution is 5.71. The average molecular weight is 1120 g/mol. The van der Waals surface area contributed by atoms with Crippen molar-refractivity contribution in [1.82, 2.24) is 0 Å². The van der Waals surface area contributed by atoms with Gasteiger partial charge in [-0.15, -0.1) is 0 Å². The number of unbranched alkanes of at least 4 members (excludes halogenated alkanes) is 50. The summed E-state index contributed by atoms with van der Waals surface area (Å²) in [5.74, 6) is -0.866. The average Bonchev–Trinajstić information content (AvgIpc) is 3.46. The zero-order valence-corrected chi connectivity index (χ0v) is 54.1. The van der Waals surface area contributed by atoms with Crippen LogP contribution in [0.25, 0.3) is 0 Å². The minimum Gasteiger partial charge on any atom is -0.462 e. The van der Waals surface area contributed by atoms with E-state index in [0.717, 1.165) is 77.0 Å². The molecule has 0 aromatic rings. The molecule has 0 N–H and O–H groups in total. The van der Waals surface area contributed by atoms with Gasteiger partial charge in [0, 0.05) is 19.3 Å². The lowest BCUT2D eigenvalue weighted by Crippen LogP contribution is -2.30. The molecule has 6 heteroatoms. The van der Waals surface area contributed by atoms with E-state index in [9.17, 15) is 14.4 Å². The molecule has 0 saturated heterocycles. The predicted octanol–water partition coefficient (Wildman–Crippen LogP) is 24.7. The standard InChI is InChI=1S/C74H138O6/c1-4-7-10-13-16-19-22-25-28-30-31-32-33-34-35-36-37-38-39-40-41-42-44-46-49-52-55-58-61-64-67-73(76)79-70-71(69-78-72(75)66-63-60-57-54-51-48-45-27-24-21-18-15-12-9-6-3)80-74(77)68-65-62-59-56-53-50-47-43-29-26-23-20-17-14-11-8-5-2/h18,21,26-27,29,45,71H,4-17,19-20,22-25,28,30-44,46-70H2,1-3H3/b21-18-,29-26-,45-27-. The minimum atomic E-state index is -0.779. The minimum absolute atomic E-state index is 0.0740. The fourth-order valence-corrected chi connectivity index (χ4v) is 10.9. The molecular weight excluding hydrogens is 985 g/mol. The van der Waals surface area contributed by atoms with E-state index < -0.39 is 6.10 Å². The van der Waals surface area contributed by atoms with Gasteiger partial charge in [0.05, 0.1) is 0 Å². The summed E-state index contributed by atoms with van der Waals surface area (Å²) in [4.78, 5) is 38.4. The Balaban J connectivity index is 4.18. The van der Waals surface area contributed by atoms with Crippen LogP contribution in [0.1, 0.15) is 400 Å². The van der Waals surface area contributed by atoms with Crippen molar-refractivity contribution < 1.29 is 28.6 Å². The summed E-state index contributed by atoms with van der Waals surface area (Å²) in [7, 11) is 0. The summed E-state index contributed by atoms with van der Waals surface area (Å²) in [6, 6.07) is 0. The molecule has 470 valence electrons. The molecular formula is C74H138O6. The lowest BCUT2D eigenvalue weighted by atomic mass is 10.0. The molecule has 0 aromatic carbocycles. The molecule has 0 fully saturated rings. The van der Waals surface area contributed by atoms with Crippen LogP contribution in [0.5, 0.6) is 0 Å². The van der Waals surface area contributed by atoms with Crippen LogP contribution < -0.4 is 0 Å². The molecule has 0 aromatic heterocycles. The highest BCUT2D eigenvalue weighted by Gasteiger charge is 2.19. The Labute approximate surface area is 499 Å². The summed E-state index contributed by atoms with van der Waals surface area (Å²) >= 11 is 0. The molecule has 1 unspecified atom stereocenters. The van der Waals surface area contributed by atoms with Gasteiger partial charge in [0.25, 0.3) is 0 Å². The van der Waals surface area contributed by atoms with Gasteiger partial charge in [0.15, 0.2) is 6.10 Å². The van der Waals surface area contributed by atoms with Gasteiger partial charge in [-0.2, -0.15) is 0 Å². The van der Waals surface area contributed by atoms with Crippen LogP contribution in [0, 0.1) is 0 Å². The van der Waals surface area contributed by atoms with Crippen LogP contribution in [0.4, 0.5) is 0 Å². The fraction of sp³-hybridized carbons (Fsp3) is 0.878. The number of carbonyl (C=O) groups excluding carboxylic acids is 3. The highest BCUT2D eigenvalue weighted by atomic mass is 16.6. The number of rotatable bonds is 67. The summed E-state index contributed by atoms with van der Waals surface area (Å²) in [6.07, 6.45) is 86.2. The van der Waals surface area contributed by atoms with E-state index in [1.165, 1.54) is 283 Å². The van der Waals surface area contributed by atoms with E-state index in [2.05, 4.69) is 57.2 Å². The van der Waals surface area contributed by atoms with Gasteiger partial charge in [-0.25, -0.2) is 0 Å². The third kappa shape index (κ3) is 66.4. The van der Waals surface area contributed by atoms with E-state index in [1.807, 2.05) is 0 Å². The van der Waals surface area contributed by atoms with Gasteiger partial charge in [0.1, 0.15) is 13.2 Å². The first-order valence-electron chi connectivity index (χ1n) is 36.0. The van der Waals surface area contributed by atoms with Crippen LogP contribution in [-0.2, 0) is 28.6 Å². The maximum atomic E-state index is 12.9. The molecule has 0 rings (SSSR count). The molecule has 0 aliphatic carbocycles. The number of hydrogen-bond donors (Lipinski definition) is 0. The van der Waals surface area contributed by atoms with Crippen molar-refractivity contribution in [3.05, 3.63) is 36.5 Å². The molecule has 80 heavy (non-hydrogen) atoms. The highest BCUT2D eigenvalue weighted by Crippen LogP contribution is 2.19. The summed E-state index contributed by atoms with van der Waals surface area (Å²) in [5.41, 5.74) is 0. The number of ether oxygens (including phenoxy) is 3. The Morgan fingerprint density at radius 1 is 0.250 bits per heavy atom.